The molecule has 1 atom stereocenters. The summed E-state index contributed by atoms with van der Waals surface area (Å²) in [6, 6.07) is 6.62. The van der Waals surface area contributed by atoms with Crippen LogP contribution in [0.3, 0.4) is 0 Å². The van der Waals surface area contributed by atoms with Gasteiger partial charge in [-0.05, 0) is 51.5 Å². The maximum atomic E-state index is 13.5. The summed E-state index contributed by atoms with van der Waals surface area (Å²) in [6.07, 6.45) is 1.54. The van der Waals surface area contributed by atoms with E-state index in [-0.39, 0.29) is 17.5 Å². The largest absolute Gasteiger partial charge is 0.444 e. The Morgan fingerprint density at radius 3 is 2.60 bits per heavy atom. The van der Waals surface area contributed by atoms with Gasteiger partial charge in [0.05, 0.1) is 11.7 Å². The minimum absolute atomic E-state index is 0.202. The Morgan fingerprint density at radius 2 is 1.93 bits per heavy atom. The molecule has 1 aromatic carbocycles. The summed E-state index contributed by atoms with van der Waals surface area (Å²) < 4.78 is 8.54. The maximum absolute atomic E-state index is 13.5. The summed E-state index contributed by atoms with van der Waals surface area (Å²) in [7, 11) is 0. The van der Waals surface area contributed by atoms with Crippen molar-refractivity contribution in [1.29, 1.82) is 0 Å². The van der Waals surface area contributed by atoms with Gasteiger partial charge < -0.3 is 15.4 Å². The van der Waals surface area contributed by atoms with Gasteiger partial charge in [0.25, 0.3) is 0 Å². The van der Waals surface area contributed by atoms with Crippen LogP contribution in [0.5, 0.6) is 0 Å². The highest BCUT2D eigenvalue weighted by Gasteiger charge is 2.33. The topological polar surface area (TPSA) is 108 Å². The van der Waals surface area contributed by atoms with Crippen LogP contribution < -0.4 is 11.4 Å². The molecule has 1 aliphatic heterocycles. The monoisotopic (exact) mass is 430 g/mol. The fourth-order valence-corrected chi connectivity index (χ4v) is 3.80. The number of nitrogen functional groups attached to an aromatic ring is 1. The number of nitrogens with two attached hydrogens (primary N) is 1. The Kier molecular flexibility index (Phi) is 4.93. The van der Waals surface area contributed by atoms with E-state index in [1.807, 2.05) is 20.8 Å². The molecule has 1 fully saturated rings. The van der Waals surface area contributed by atoms with Crippen LogP contribution in [0.1, 0.15) is 33.2 Å². The van der Waals surface area contributed by atoms with Gasteiger partial charge in [0.1, 0.15) is 17.4 Å². The van der Waals surface area contributed by atoms with E-state index in [2.05, 4.69) is 9.97 Å². The van der Waals surface area contributed by atoms with Crippen LogP contribution in [-0.4, -0.2) is 48.8 Å². The number of aromatic nitrogens is 4. The molecule has 1 unspecified atom stereocenters. The molecule has 10 heteroatoms. The number of halogens is 1. The van der Waals surface area contributed by atoms with E-state index < -0.39 is 11.7 Å². The Morgan fingerprint density at radius 1 is 1.23 bits per heavy atom. The molecule has 0 radical (unpaired) electrons. The number of imidazole rings is 1. The molecule has 3 heterocycles. The van der Waals surface area contributed by atoms with Crippen LogP contribution in [0.25, 0.3) is 16.9 Å². The lowest BCUT2D eigenvalue weighted by Gasteiger charge is -2.24. The first-order chi connectivity index (χ1) is 14.2. The highest BCUT2D eigenvalue weighted by molar-refractivity contribution is 6.30. The first-order valence-corrected chi connectivity index (χ1v) is 10.0. The molecule has 0 saturated carbocycles. The third-order valence-electron chi connectivity index (χ3n) is 4.95. The molecular weight excluding hydrogens is 408 g/mol. The third kappa shape index (κ3) is 3.60. The smallest absolute Gasteiger partial charge is 0.410 e. The molecule has 158 valence electrons. The predicted octanol–water partition coefficient (Wildman–Crippen LogP) is 3.00. The first kappa shape index (κ1) is 20.2. The van der Waals surface area contributed by atoms with Crippen LogP contribution in [0.4, 0.5) is 10.6 Å². The van der Waals surface area contributed by atoms with Crippen molar-refractivity contribution in [3.8, 4) is 5.69 Å². The van der Waals surface area contributed by atoms with Gasteiger partial charge in [0.15, 0.2) is 11.5 Å². The molecule has 1 aliphatic rings. The van der Waals surface area contributed by atoms with E-state index in [0.29, 0.717) is 41.4 Å². The van der Waals surface area contributed by atoms with E-state index in [0.717, 1.165) is 0 Å². The number of anilines is 1. The van der Waals surface area contributed by atoms with Crippen molar-refractivity contribution >= 4 is 34.7 Å². The van der Waals surface area contributed by atoms with Gasteiger partial charge in [-0.25, -0.2) is 19.6 Å². The summed E-state index contributed by atoms with van der Waals surface area (Å²) >= 11 is 6.00. The van der Waals surface area contributed by atoms with Crippen molar-refractivity contribution in [2.45, 2.75) is 38.8 Å². The Bertz CT molecular complexity index is 1160. The average Bonchev–Trinajstić information content (AvgIpc) is 3.24. The van der Waals surface area contributed by atoms with Crippen LogP contribution in [0, 0.1) is 0 Å². The number of hydrogen-bond donors (Lipinski definition) is 1. The number of carbonyl (C=O) groups excluding carboxylic acids is 1. The van der Waals surface area contributed by atoms with E-state index in [9.17, 15) is 9.59 Å². The van der Waals surface area contributed by atoms with Gasteiger partial charge in [-0.2, -0.15) is 0 Å². The fourth-order valence-electron chi connectivity index (χ4n) is 3.67. The number of carbonyl (C=O) groups is 1. The number of rotatable bonds is 2. The molecule has 2 N–H and O–H groups in total. The zero-order valence-electron chi connectivity index (χ0n) is 17.0. The normalized spacial score (nSPS) is 16.9. The second-order valence-corrected chi connectivity index (χ2v) is 8.70. The Hall–Kier alpha value is -3.07. The van der Waals surface area contributed by atoms with Gasteiger partial charge >= 0.3 is 11.8 Å². The molecule has 4 rings (SSSR count). The Labute approximate surface area is 178 Å². The summed E-state index contributed by atoms with van der Waals surface area (Å²) in [6.45, 7) is 6.30. The van der Waals surface area contributed by atoms with Crippen molar-refractivity contribution in [3.63, 3.8) is 0 Å². The molecule has 3 aromatic rings. The fraction of sp³-hybridized carbons (Fsp3) is 0.400. The van der Waals surface area contributed by atoms with Gasteiger partial charge in [0.2, 0.25) is 0 Å². The molecule has 30 heavy (non-hydrogen) atoms. The molecule has 9 nitrogen and oxygen atoms in total. The van der Waals surface area contributed by atoms with E-state index >= 15 is 0 Å². The molecule has 0 spiro atoms. The molecule has 1 amide bonds. The van der Waals surface area contributed by atoms with Crippen molar-refractivity contribution in [3.05, 3.63) is 46.1 Å². The standard InChI is InChI=1S/C20H23ClN6O3/c1-20(2,3)30-19(29)25-9-8-14(10-25)27-17-15(16(22)23-11-24-17)26(18(27)28)13-6-4-12(21)5-7-13/h4-7,11,14H,8-10H2,1-3H3,(H2,22,23,24). The number of amides is 1. The number of hydrogen-bond acceptors (Lipinski definition) is 6. The number of fused-ring (bicyclic) bond motifs is 1. The zero-order valence-corrected chi connectivity index (χ0v) is 17.8. The molecule has 0 aliphatic carbocycles. The minimum Gasteiger partial charge on any atom is -0.444 e. The lowest BCUT2D eigenvalue weighted by molar-refractivity contribution is 0.0289. The quantitative estimate of drug-likeness (QED) is 0.669. The van der Waals surface area contributed by atoms with Crippen LogP contribution in [0.2, 0.25) is 5.02 Å². The maximum Gasteiger partial charge on any atom is 0.410 e. The van der Waals surface area contributed by atoms with Gasteiger partial charge in [0, 0.05) is 18.1 Å². The second kappa shape index (κ2) is 7.32. The van der Waals surface area contributed by atoms with Crippen LogP contribution in [0.15, 0.2) is 35.4 Å². The lowest BCUT2D eigenvalue weighted by atomic mass is 10.2. The van der Waals surface area contributed by atoms with E-state index in [1.54, 1.807) is 33.7 Å². The summed E-state index contributed by atoms with van der Waals surface area (Å²) in [5.74, 6) is 0.202. The molecule has 2 aromatic heterocycles. The molecule has 0 bridgehead atoms. The highest BCUT2D eigenvalue weighted by Crippen LogP contribution is 2.28. The predicted molar refractivity (Wildman–Crippen MR) is 114 cm³/mol. The summed E-state index contributed by atoms with van der Waals surface area (Å²) in [5.41, 5.74) is 6.70. The summed E-state index contributed by atoms with van der Waals surface area (Å²) in [4.78, 5) is 35.9. The van der Waals surface area contributed by atoms with E-state index in [4.69, 9.17) is 22.1 Å². The molecular formula is C20H23ClN6O3. The second-order valence-electron chi connectivity index (χ2n) is 8.26. The van der Waals surface area contributed by atoms with Gasteiger partial charge in [-0.15, -0.1) is 0 Å². The number of likely N-dealkylation sites (tertiary alicyclic amines) is 1. The zero-order chi connectivity index (χ0) is 21.6. The Balaban J connectivity index is 1.77. The third-order valence-corrected chi connectivity index (χ3v) is 5.20. The van der Waals surface area contributed by atoms with Crippen molar-refractivity contribution in [2.24, 2.45) is 0 Å². The van der Waals surface area contributed by atoms with Crippen molar-refractivity contribution in [1.82, 2.24) is 24.0 Å². The number of benzene rings is 1. The van der Waals surface area contributed by atoms with E-state index in [1.165, 1.54) is 10.9 Å². The SMILES string of the molecule is CC(C)(C)OC(=O)N1CCC(n2c(=O)n(-c3ccc(Cl)cc3)c3c(N)ncnc32)C1. The first-order valence-electron chi connectivity index (χ1n) is 9.63. The number of nitrogens with zero attached hydrogens (tertiary/aromatic N) is 5. The van der Waals surface area contributed by atoms with Crippen molar-refractivity contribution < 1.29 is 9.53 Å². The average molecular weight is 431 g/mol. The summed E-state index contributed by atoms with van der Waals surface area (Å²) in [5, 5.41) is 0.559. The van der Waals surface area contributed by atoms with Crippen LogP contribution >= 0.6 is 11.6 Å². The lowest BCUT2D eigenvalue weighted by Crippen LogP contribution is -2.36. The van der Waals surface area contributed by atoms with Gasteiger partial charge in [-0.1, -0.05) is 11.6 Å². The number of ether oxygens (including phenoxy) is 1. The minimum atomic E-state index is -0.585. The highest BCUT2D eigenvalue weighted by atomic mass is 35.5. The molecule has 1 saturated heterocycles. The van der Waals surface area contributed by atoms with Gasteiger partial charge in [-0.3, -0.25) is 9.13 Å². The van der Waals surface area contributed by atoms with Crippen molar-refractivity contribution in [2.75, 3.05) is 18.8 Å². The van der Waals surface area contributed by atoms with Crippen LogP contribution in [-0.2, 0) is 4.74 Å².